The van der Waals surface area contributed by atoms with Crippen LogP contribution in [0.25, 0.3) is 0 Å². The van der Waals surface area contributed by atoms with Gasteiger partial charge in [-0.25, -0.2) is 9.37 Å². The SMILES string of the molecule is CC(C)OP(=O)(OC(C)C)[C@H](Nc1ccccn1)c1ccc(F)cc1. The van der Waals surface area contributed by atoms with E-state index in [0.717, 1.165) is 0 Å². The maximum absolute atomic E-state index is 13.6. The Hall–Kier alpha value is -1.75. The van der Waals surface area contributed by atoms with Crippen LogP contribution in [0.3, 0.4) is 0 Å². The Morgan fingerprint density at radius 3 is 2.08 bits per heavy atom. The maximum atomic E-state index is 13.6. The van der Waals surface area contributed by atoms with Crippen molar-refractivity contribution in [2.45, 2.75) is 45.7 Å². The Kier molecular flexibility index (Phi) is 6.71. The average Bonchev–Trinajstić information content (AvgIpc) is 2.53. The minimum Gasteiger partial charge on any atom is -0.353 e. The van der Waals surface area contributed by atoms with Crippen molar-refractivity contribution < 1.29 is 18.0 Å². The summed E-state index contributed by atoms with van der Waals surface area (Å²) < 4.78 is 38.4. The van der Waals surface area contributed by atoms with Crippen LogP contribution in [0.15, 0.2) is 48.7 Å². The Morgan fingerprint density at radius 2 is 1.60 bits per heavy atom. The van der Waals surface area contributed by atoms with Gasteiger partial charge in [-0.15, -0.1) is 0 Å². The van der Waals surface area contributed by atoms with E-state index >= 15 is 0 Å². The predicted octanol–water partition coefficient (Wildman–Crippen LogP) is 5.37. The number of nitrogens with zero attached hydrogens (tertiary/aromatic N) is 1. The minimum absolute atomic E-state index is 0.307. The second-order valence-corrected chi connectivity index (χ2v) is 8.18. The summed E-state index contributed by atoms with van der Waals surface area (Å²) in [5, 5.41) is 3.12. The monoisotopic (exact) mass is 366 g/mol. The van der Waals surface area contributed by atoms with Gasteiger partial charge in [0.15, 0.2) is 5.78 Å². The van der Waals surface area contributed by atoms with E-state index in [0.29, 0.717) is 11.4 Å². The molecule has 1 heterocycles. The summed E-state index contributed by atoms with van der Waals surface area (Å²) in [6.45, 7) is 7.16. The molecule has 0 aliphatic rings. The normalized spacial score (nSPS) is 13.2. The van der Waals surface area contributed by atoms with Crippen molar-refractivity contribution in [1.82, 2.24) is 4.98 Å². The van der Waals surface area contributed by atoms with Crippen LogP contribution in [0.4, 0.5) is 10.2 Å². The second kappa shape index (κ2) is 8.56. The quantitative estimate of drug-likeness (QED) is 0.636. The fourth-order valence-electron chi connectivity index (χ4n) is 2.31. The molecule has 1 N–H and O–H groups in total. The lowest BCUT2D eigenvalue weighted by Gasteiger charge is -2.31. The highest BCUT2D eigenvalue weighted by molar-refractivity contribution is 7.54. The van der Waals surface area contributed by atoms with Crippen LogP contribution in [0.5, 0.6) is 0 Å². The van der Waals surface area contributed by atoms with Crippen molar-refractivity contribution in [1.29, 1.82) is 0 Å². The highest BCUT2D eigenvalue weighted by atomic mass is 31.2. The van der Waals surface area contributed by atoms with Crippen molar-refractivity contribution in [2.75, 3.05) is 5.32 Å². The zero-order chi connectivity index (χ0) is 18.4. The van der Waals surface area contributed by atoms with Crippen molar-refractivity contribution >= 4 is 13.4 Å². The summed E-state index contributed by atoms with van der Waals surface area (Å²) in [6.07, 6.45) is 1.01. The molecule has 1 aromatic carbocycles. The summed E-state index contributed by atoms with van der Waals surface area (Å²) in [5.41, 5.74) is 0.594. The number of hydrogen-bond donors (Lipinski definition) is 1. The lowest BCUT2D eigenvalue weighted by Crippen LogP contribution is -2.19. The smallest absolute Gasteiger partial charge is 0.353 e. The number of aromatic nitrogens is 1. The fraction of sp³-hybridized carbons (Fsp3) is 0.389. The van der Waals surface area contributed by atoms with Crippen LogP contribution in [0.1, 0.15) is 39.0 Å². The van der Waals surface area contributed by atoms with Gasteiger partial charge >= 0.3 is 7.60 Å². The molecule has 0 saturated heterocycles. The van der Waals surface area contributed by atoms with Gasteiger partial charge < -0.3 is 14.4 Å². The molecule has 2 aromatic rings. The molecule has 0 amide bonds. The molecule has 0 aliphatic carbocycles. The number of halogens is 1. The van der Waals surface area contributed by atoms with Gasteiger partial charge in [0.05, 0.1) is 12.2 Å². The second-order valence-electron chi connectivity index (χ2n) is 6.16. The van der Waals surface area contributed by atoms with Gasteiger partial charge in [-0.1, -0.05) is 18.2 Å². The number of hydrogen-bond acceptors (Lipinski definition) is 5. The molecule has 0 unspecified atom stereocenters. The van der Waals surface area contributed by atoms with Crippen LogP contribution in [-0.4, -0.2) is 17.2 Å². The Balaban J connectivity index is 2.46. The molecule has 2 rings (SSSR count). The fourth-order valence-corrected chi connectivity index (χ4v) is 4.61. The maximum Gasteiger partial charge on any atom is 0.357 e. The van der Waals surface area contributed by atoms with Crippen molar-refractivity contribution in [3.05, 3.63) is 60.0 Å². The van der Waals surface area contributed by atoms with E-state index in [-0.39, 0.29) is 18.0 Å². The van der Waals surface area contributed by atoms with E-state index in [9.17, 15) is 8.96 Å². The standard InChI is InChI=1S/C18H24FN2O3P/c1-13(2)23-25(22,24-14(3)4)18(15-8-10-16(19)11-9-15)21-17-7-5-6-12-20-17/h5-14,18H,1-4H3,(H,20,21)/t18-/m0/s1. The van der Waals surface area contributed by atoms with Gasteiger partial charge in [-0.3, -0.25) is 4.57 Å². The first-order valence-corrected chi connectivity index (χ1v) is 9.81. The summed E-state index contributed by atoms with van der Waals surface area (Å²) in [4.78, 5) is 4.22. The molecule has 25 heavy (non-hydrogen) atoms. The van der Waals surface area contributed by atoms with Gasteiger partial charge in [-0.2, -0.15) is 0 Å². The first-order valence-electron chi connectivity index (χ1n) is 8.19. The topological polar surface area (TPSA) is 60.5 Å². The van der Waals surface area contributed by atoms with Crippen LogP contribution >= 0.6 is 7.60 Å². The van der Waals surface area contributed by atoms with E-state index in [1.807, 2.05) is 6.07 Å². The van der Waals surface area contributed by atoms with Gasteiger partial charge in [0.1, 0.15) is 11.6 Å². The summed E-state index contributed by atoms with van der Waals surface area (Å²) in [5.74, 6) is -0.658. The molecule has 0 fully saturated rings. The number of nitrogens with one attached hydrogen (secondary N) is 1. The van der Waals surface area contributed by atoms with Crippen LogP contribution in [-0.2, 0) is 13.6 Å². The molecular weight excluding hydrogens is 342 g/mol. The molecule has 0 aliphatic heterocycles. The first-order chi connectivity index (χ1) is 11.8. The third kappa shape index (κ3) is 5.63. The summed E-state index contributed by atoms with van der Waals surface area (Å²) in [7, 11) is -3.62. The Morgan fingerprint density at radius 1 is 1.00 bits per heavy atom. The number of rotatable bonds is 8. The number of anilines is 1. The average molecular weight is 366 g/mol. The highest BCUT2D eigenvalue weighted by Gasteiger charge is 2.39. The zero-order valence-corrected chi connectivity index (χ0v) is 15.7. The molecular formula is C18H24FN2O3P. The largest absolute Gasteiger partial charge is 0.357 e. The van der Waals surface area contributed by atoms with Crippen LogP contribution < -0.4 is 5.32 Å². The van der Waals surface area contributed by atoms with E-state index in [4.69, 9.17) is 9.05 Å². The van der Waals surface area contributed by atoms with Gasteiger partial charge in [0.2, 0.25) is 0 Å². The predicted molar refractivity (Wildman–Crippen MR) is 97.0 cm³/mol. The molecule has 0 radical (unpaired) electrons. The van der Waals surface area contributed by atoms with E-state index in [2.05, 4.69) is 10.3 Å². The summed E-state index contributed by atoms with van der Waals surface area (Å²) >= 11 is 0. The first kappa shape index (κ1) is 19.6. The molecule has 1 aromatic heterocycles. The zero-order valence-electron chi connectivity index (χ0n) is 14.8. The van der Waals surface area contributed by atoms with Crippen molar-refractivity contribution in [2.24, 2.45) is 0 Å². The van der Waals surface area contributed by atoms with Crippen LogP contribution in [0, 0.1) is 5.82 Å². The highest BCUT2D eigenvalue weighted by Crippen LogP contribution is 2.62. The van der Waals surface area contributed by atoms with Gasteiger partial charge in [-0.05, 0) is 57.5 Å². The minimum atomic E-state index is -3.62. The van der Waals surface area contributed by atoms with E-state index < -0.39 is 13.4 Å². The van der Waals surface area contributed by atoms with Crippen molar-refractivity contribution in [3.63, 3.8) is 0 Å². The summed E-state index contributed by atoms with van der Waals surface area (Å²) in [6, 6.07) is 11.1. The molecule has 0 bridgehead atoms. The molecule has 7 heteroatoms. The lowest BCUT2D eigenvalue weighted by atomic mass is 10.2. The third-order valence-corrected chi connectivity index (χ3v) is 5.66. The van der Waals surface area contributed by atoms with Crippen molar-refractivity contribution in [3.8, 4) is 0 Å². The lowest BCUT2D eigenvalue weighted by molar-refractivity contribution is 0.138. The van der Waals surface area contributed by atoms with E-state index in [1.54, 1.807) is 58.2 Å². The third-order valence-electron chi connectivity index (χ3n) is 3.17. The number of benzene rings is 1. The Bertz CT molecular complexity index is 694. The Labute approximate surface area is 148 Å². The molecule has 0 spiro atoms. The molecule has 1 atom stereocenters. The number of pyridine rings is 1. The molecule has 136 valence electrons. The molecule has 0 saturated carbocycles. The van der Waals surface area contributed by atoms with E-state index in [1.165, 1.54) is 12.1 Å². The molecule has 5 nitrogen and oxygen atoms in total. The van der Waals surface area contributed by atoms with Crippen LogP contribution in [0.2, 0.25) is 0 Å². The van der Waals surface area contributed by atoms with Gasteiger partial charge in [0.25, 0.3) is 0 Å². The van der Waals surface area contributed by atoms with Gasteiger partial charge in [0, 0.05) is 6.20 Å².